The van der Waals surface area contributed by atoms with Gasteiger partial charge in [0.1, 0.15) is 24.5 Å². The predicted octanol–water partition coefficient (Wildman–Crippen LogP) is 3.19. The first-order valence-corrected chi connectivity index (χ1v) is 7.90. The van der Waals surface area contributed by atoms with Crippen LogP contribution in [0.3, 0.4) is 0 Å². The van der Waals surface area contributed by atoms with Crippen LogP contribution in [0, 0.1) is 17.1 Å². The van der Waals surface area contributed by atoms with Crippen LogP contribution in [0.25, 0.3) is 0 Å². The van der Waals surface area contributed by atoms with Gasteiger partial charge in [-0.15, -0.1) is 0 Å². The molecule has 1 saturated carbocycles. The SMILES string of the molecule is N#CC(Cn1cncn1)(OC1CCCCC1)c1ccccc1F. The second kappa shape index (κ2) is 6.88. The summed E-state index contributed by atoms with van der Waals surface area (Å²) in [5, 5.41) is 13.9. The third-order valence-electron chi connectivity index (χ3n) is 4.26. The molecule has 6 heteroatoms. The van der Waals surface area contributed by atoms with Crippen LogP contribution >= 0.6 is 0 Å². The Morgan fingerprint density at radius 3 is 2.74 bits per heavy atom. The van der Waals surface area contributed by atoms with Gasteiger partial charge >= 0.3 is 0 Å². The monoisotopic (exact) mass is 314 g/mol. The Kier molecular flexibility index (Phi) is 4.68. The predicted molar refractivity (Wildman–Crippen MR) is 81.7 cm³/mol. The Labute approximate surface area is 134 Å². The third-order valence-corrected chi connectivity index (χ3v) is 4.26. The molecular formula is C17H19FN4O. The fourth-order valence-electron chi connectivity index (χ4n) is 3.11. The van der Waals surface area contributed by atoms with Gasteiger partial charge in [0.05, 0.1) is 12.6 Å². The fourth-order valence-corrected chi connectivity index (χ4v) is 3.11. The minimum Gasteiger partial charge on any atom is -0.351 e. The molecule has 0 radical (unpaired) electrons. The zero-order valence-electron chi connectivity index (χ0n) is 12.9. The molecule has 5 nitrogen and oxygen atoms in total. The Balaban J connectivity index is 1.96. The number of hydrogen-bond donors (Lipinski definition) is 0. The van der Waals surface area contributed by atoms with E-state index >= 15 is 0 Å². The van der Waals surface area contributed by atoms with Crippen molar-refractivity contribution < 1.29 is 9.13 Å². The molecule has 3 rings (SSSR count). The van der Waals surface area contributed by atoms with E-state index < -0.39 is 11.4 Å². The van der Waals surface area contributed by atoms with Gasteiger partial charge in [0.25, 0.3) is 0 Å². The minimum atomic E-state index is -1.40. The van der Waals surface area contributed by atoms with E-state index in [4.69, 9.17) is 4.74 Å². The Morgan fingerprint density at radius 1 is 1.30 bits per heavy atom. The molecule has 0 spiro atoms. The van der Waals surface area contributed by atoms with E-state index in [-0.39, 0.29) is 18.2 Å². The molecule has 120 valence electrons. The molecule has 1 aliphatic carbocycles. The molecule has 1 heterocycles. The first kappa shape index (κ1) is 15.6. The molecule has 0 amide bonds. The highest BCUT2D eigenvalue weighted by molar-refractivity contribution is 5.30. The molecule has 0 N–H and O–H groups in total. The second-order valence-corrected chi connectivity index (χ2v) is 5.89. The van der Waals surface area contributed by atoms with Gasteiger partial charge in [0.2, 0.25) is 5.60 Å². The van der Waals surface area contributed by atoms with Gasteiger partial charge in [-0.3, -0.25) is 0 Å². The smallest absolute Gasteiger partial charge is 0.202 e. The summed E-state index contributed by atoms with van der Waals surface area (Å²) in [5.41, 5.74) is -1.15. The third kappa shape index (κ3) is 3.40. The van der Waals surface area contributed by atoms with Crippen molar-refractivity contribution >= 4 is 0 Å². The quantitative estimate of drug-likeness (QED) is 0.850. The van der Waals surface area contributed by atoms with E-state index in [9.17, 15) is 9.65 Å². The van der Waals surface area contributed by atoms with Crippen molar-refractivity contribution in [2.45, 2.75) is 50.4 Å². The second-order valence-electron chi connectivity index (χ2n) is 5.89. The van der Waals surface area contributed by atoms with Crippen molar-refractivity contribution in [2.24, 2.45) is 0 Å². The number of halogens is 1. The normalized spacial score (nSPS) is 18.3. The van der Waals surface area contributed by atoms with E-state index in [1.54, 1.807) is 18.2 Å². The molecule has 1 aliphatic rings. The van der Waals surface area contributed by atoms with E-state index in [0.29, 0.717) is 0 Å². The van der Waals surface area contributed by atoms with Crippen molar-refractivity contribution in [1.82, 2.24) is 14.8 Å². The van der Waals surface area contributed by atoms with Crippen LogP contribution in [-0.4, -0.2) is 20.9 Å². The fraction of sp³-hybridized carbons (Fsp3) is 0.471. The van der Waals surface area contributed by atoms with Crippen molar-refractivity contribution in [2.75, 3.05) is 0 Å². The summed E-state index contributed by atoms with van der Waals surface area (Å²) >= 11 is 0. The molecule has 0 bridgehead atoms. The summed E-state index contributed by atoms with van der Waals surface area (Å²) in [5.74, 6) is -0.440. The molecule has 1 fully saturated rings. The highest BCUT2D eigenvalue weighted by Crippen LogP contribution is 2.34. The van der Waals surface area contributed by atoms with Crippen molar-refractivity contribution in [3.63, 3.8) is 0 Å². The summed E-state index contributed by atoms with van der Waals surface area (Å²) in [4.78, 5) is 3.90. The Hall–Kier alpha value is -2.26. The van der Waals surface area contributed by atoms with Gasteiger partial charge in [-0.1, -0.05) is 37.5 Å². The standard InChI is InChI=1S/C17H19FN4O/c18-16-9-5-4-8-15(16)17(10-19,11-22-13-20-12-21-22)23-14-6-2-1-3-7-14/h4-5,8-9,12-14H,1-3,6-7,11H2. The maximum atomic E-state index is 14.4. The van der Waals surface area contributed by atoms with Gasteiger partial charge in [-0.05, 0) is 18.9 Å². The van der Waals surface area contributed by atoms with Crippen LogP contribution in [-0.2, 0) is 16.9 Å². The Bertz CT molecular complexity index is 676. The molecule has 0 saturated heterocycles. The zero-order chi connectivity index (χ0) is 16.1. The summed E-state index contributed by atoms with van der Waals surface area (Å²) < 4.78 is 22.1. The number of ether oxygens (including phenoxy) is 1. The number of aromatic nitrogens is 3. The molecule has 1 unspecified atom stereocenters. The summed E-state index contributed by atoms with van der Waals surface area (Å²) in [6, 6.07) is 8.50. The highest BCUT2D eigenvalue weighted by Gasteiger charge is 2.39. The lowest BCUT2D eigenvalue weighted by molar-refractivity contribution is -0.0884. The van der Waals surface area contributed by atoms with Crippen LogP contribution in [0.4, 0.5) is 4.39 Å². The van der Waals surface area contributed by atoms with Crippen LogP contribution in [0.2, 0.25) is 0 Å². The first-order valence-electron chi connectivity index (χ1n) is 7.90. The molecule has 1 atom stereocenters. The lowest BCUT2D eigenvalue weighted by atomic mass is 9.91. The van der Waals surface area contributed by atoms with Gasteiger partial charge in [-0.2, -0.15) is 10.4 Å². The molecule has 23 heavy (non-hydrogen) atoms. The maximum absolute atomic E-state index is 14.4. The lowest BCUT2D eigenvalue weighted by Crippen LogP contribution is -2.39. The number of nitrogens with zero attached hydrogens (tertiary/aromatic N) is 4. The van der Waals surface area contributed by atoms with Crippen LogP contribution in [0.5, 0.6) is 0 Å². The highest BCUT2D eigenvalue weighted by atomic mass is 19.1. The van der Waals surface area contributed by atoms with Crippen molar-refractivity contribution in [1.29, 1.82) is 5.26 Å². The summed E-state index contributed by atoms with van der Waals surface area (Å²) in [6.07, 6.45) is 8.00. The number of rotatable bonds is 5. The molecule has 2 aromatic rings. The molecule has 1 aromatic heterocycles. The van der Waals surface area contributed by atoms with Gasteiger partial charge in [0, 0.05) is 5.56 Å². The van der Waals surface area contributed by atoms with Gasteiger partial charge in [-0.25, -0.2) is 14.1 Å². The molecule has 0 aliphatic heterocycles. The van der Waals surface area contributed by atoms with E-state index in [0.717, 1.165) is 25.7 Å². The van der Waals surface area contributed by atoms with Crippen LogP contribution < -0.4 is 0 Å². The molecule has 1 aromatic carbocycles. The summed E-state index contributed by atoms with van der Waals surface area (Å²) in [6.45, 7) is 0.112. The molecular weight excluding hydrogens is 295 g/mol. The Morgan fingerprint density at radius 2 is 2.09 bits per heavy atom. The first-order chi connectivity index (χ1) is 11.2. The minimum absolute atomic E-state index is 0.0356. The summed E-state index contributed by atoms with van der Waals surface area (Å²) in [7, 11) is 0. The van der Waals surface area contributed by atoms with Gasteiger partial charge < -0.3 is 4.74 Å². The van der Waals surface area contributed by atoms with E-state index in [1.807, 2.05) is 0 Å². The van der Waals surface area contributed by atoms with E-state index in [1.165, 1.54) is 29.8 Å². The maximum Gasteiger partial charge on any atom is 0.202 e. The van der Waals surface area contributed by atoms with Crippen LogP contribution in [0.15, 0.2) is 36.9 Å². The topological polar surface area (TPSA) is 63.7 Å². The number of benzene rings is 1. The number of hydrogen-bond acceptors (Lipinski definition) is 4. The number of nitriles is 1. The largest absolute Gasteiger partial charge is 0.351 e. The average molecular weight is 314 g/mol. The van der Waals surface area contributed by atoms with Crippen molar-refractivity contribution in [3.05, 3.63) is 48.3 Å². The van der Waals surface area contributed by atoms with Gasteiger partial charge in [0.15, 0.2) is 0 Å². The van der Waals surface area contributed by atoms with Crippen LogP contribution in [0.1, 0.15) is 37.7 Å². The zero-order valence-corrected chi connectivity index (χ0v) is 12.9. The van der Waals surface area contributed by atoms with E-state index in [2.05, 4.69) is 16.2 Å². The van der Waals surface area contributed by atoms with Crippen molar-refractivity contribution in [3.8, 4) is 6.07 Å². The average Bonchev–Trinajstić information content (AvgIpc) is 3.08. The lowest BCUT2D eigenvalue weighted by Gasteiger charge is -2.33.